The summed E-state index contributed by atoms with van der Waals surface area (Å²) in [5.41, 5.74) is 0.278. The Morgan fingerprint density at radius 1 is 0.967 bits per heavy atom. The van der Waals surface area contributed by atoms with E-state index in [1.807, 2.05) is 0 Å². The number of nitro groups is 2. The van der Waals surface area contributed by atoms with Crippen molar-refractivity contribution in [3.63, 3.8) is 0 Å². The van der Waals surface area contributed by atoms with Crippen LogP contribution in [0.15, 0.2) is 51.5 Å². The summed E-state index contributed by atoms with van der Waals surface area (Å²) in [7, 11) is 0. The highest BCUT2D eigenvalue weighted by Crippen LogP contribution is 2.30. The summed E-state index contributed by atoms with van der Waals surface area (Å²) < 4.78 is 0. The monoisotopic (exact) mass is 465 g/mol. The Kier molecular flexibility index (Phi) is 6.45. The molecule has 1 N–H and O–H groups in total. The van der Waals surface area contributed by atoms with Crippen LogP contribution >= 0.6 is 35.0 Å². The van der Waals surface area contributed by atoms with Crippen LogP contribution in [0.2, 0.25) is 10.0 Å². The van der Waals surface area contributed by atoms with Crippen LogP contribution in [0.1, 0.15) is 11.1 Å². The fourth-order valence-corrected chi connectivity index (χ4v) is 3.44. The van der Waals surface area contributed by atoms with Crippen molar-refractivity contribution in [2.24, 2.45) is 10.2 Å². The minimum absolute atomic E-state index is 0.000657. The topological polar surface area (TPSA) is 140 Å². The fraction of sp³-hybridized carbons (Fsp3) is 0. The summed E-state index contributed by atoms with van der Waals surface area (Å²) in [4.78, 5) is 33.0. The van der Waals surface area contributed by atoms with Crippen molar-refractivity contribution in [2.75, 3.05) is 0 Å². The van der Waals surface area contributed by atoms with Gasteiger partial charge in [-0.25, -0.2) is 0 Å². The summed E-state index contributed by atoms with van der Waals surface area (Å²) in [6.45, 7) is 0. The van der Waals surface area contributed by atoms with Crippen LogP contribution in [0, 0.1) is 20.2 Å². The Morgan fingerprint density at radius 3 is 2.13 bits per heavy atom. The average Bonchev–Trinajstić information content (AvgIpc) is 3.03. The molecule has 0 unspecified atom stereocenters. The molecule has 13 heteroatoms. The molecule has 2 aromatic rings. The maximum absolute atomic E-state index is 12.1. The maximum atomic E-state index is 12.1. The van der Waals surface area contributed by atoms with Crippen LogP contribution in [-0.2, 0) is 4.79 Å². The Bertz CT molecular complexity index is 1170. The molecule has 1 heterocycles. The molecule has 0 bridgehead atoms. The van der Waals surface area contributed by atoms with E-state index in [0.29, 0.717) is 11.1 Å². The summed E-state index contributed by atoms with van der Waals surface area (Å²) >= 11 is 12.5. The molecule has 0 aromatic heterocycles. The lowest BCUT2D eigenvalue weighted by atomic mass is 10.2. The average molecular weight is 466 g/mol. The first-order valence-electron chi connectivity index (χ1n) is 7.94. The predicted octanol–water partition coefficient (Wildman–Crippen LogP) is 4.40. The minimum Gasteiger partial charge on any atom is -0.299 e. The van der Waals surface area contributed by atoms with E-state index in [4.69, 9.17) is 23.2 Å². The van der Waals surface area contributed by atoms with E-state index < -0.39 is 15.8 Å². The van der Waals surface area contributed by atoms with E-state index in [1.54, 1.807) is 0 Å². The standard InChI is InChI=1S/C17H9Cl2N5O5S/c18-11-3-1-9(5-13(11)23(26)27)7-15-16(25)21-17(30-15)22-20-8-10-2-4-12(19)14(6-10)24(28)29/h1-8H,(H,21,22,25)/b15-7+,20-8-. The molecule has 0 radical (unpaired) electrons. The number of hydrogen-bond donors (Lipinski definition) is 1. The number of nitrogens with zero attached hydrogens (tertiary/aromatic N) is 4. The molecule has 0 aliphatic carbocycles. The molecule has 1 aliphatic rings. The number of halogens is 2. The number of thioether (sulfide) groups is 1. The Morgan fingerprint density at radius 2 is 1.53 bits per heavy atom. The van der Waals surface area contributed by atoms with Crippen LogP contribution in [0.4, 0.5) is 11.4 Å². The molecular formula is C17H9Cl2N5O5S. The highest BCUT2D eigenvalue weighted by atomic mass is 35.5. The number of amidine groups is 1. The van der Waals surface area contributed by atoms with Crippen LogP contribution in [0.3, 0.4) is 0 Å². The maximum Gasteiger partial charge on any atom is 0.288 e. The predicted molar refractivity (Wildman–Crippen MR) is 115 cm³/mol. The zero-order chi connectivity index (χ0) is 21.8. The molecule has 0 atom stereocenters. The van der Waals surface area contributed by atoms with Crippen LogP contribution < -0.4 is 5.32 Å². The molecule has 3 rings (SSSR count). The van der Waals surface area contributed by atoms with E-state index >= 15 is 0 Å². The van der Waals surface area contributed by atoms with E-state index in [1.165, 1.54) is 48.7 Å². The Labute approximate surface area is 182 Å². The number of benzene rings is 2. The normalized spacial score (nSPS) is 16.4. The van der Waals surface area contributed by atoms with Gasteiger partial charge in [0.2, 0.25) is 0 Å². The van der Waals surface area contributed by atoms with Crippen LogP contribution in [0.25, 0.3) is 6.08 Å². The first-order valence-corrected chi connectivity index (χ1v) is 9.51. The third-order valence-electron chi connectivity index (χ3n) is 3.64. The first kappa shape index (κ1) is 21.4. The van der Waals surface area contributed by atoms with Gasteiger partial charge in [-0.3, -0.25) is 30.3 Å². The quantitative estimate of drug-likeness (QED) is 0.300. The minimum atomic E-state index is -0.616. The zero-order valence-electron chi connectivity index (χ0n) is 14.6. The third-order valence-corrected chi connectivity index (χ3v) is 5.18. The molecule has 30 heavy (non-hydrogen) atoms. The molecule has 1 amide bonds. The van der Waals surface area contributed by atoms with Crippen molar-refractivity contribution in [3.05, 3.63) is 82.7 Å². The highest BCUT2D eigenvalue weighted by Gasteiger charge is 2.24. The van der Waals surface area contributed by atoms with Gasteiger partial charge in [-0.15, -0.1) is 5.10 Å². The second-order valence-electron chi connectivity index (χ2n) is 5.65. The van der Waals surface area contributed by atoms with Crippen molar-refractivity contribution in [1.29, 1.82) is 0 Å². The molecular weight excluding hydrogens is 457 g/mol. The number of carbonyl (C=O) groups excluding carboxylic acids is 1. The lowest BCUT2D eigenvalue weighted by Crippen LogP contribution is -2.19. The molecule has 2 aromatic carbocycles. The fourth-order valence-electron chi connectivity index (χ4n) is 2.28. The largest absolute Gasteiger partial charge is 0.299 e. The van der Waals surface area contributed by atoms with E-state index in [9.17, 15) is 25.0 Å². The molecule has 1 fully saturated rings. The molecule has 10 nitrogen and oxygen atoms in total. The number of rotatable bonds is 5. The number of nitro benzene ring substituents is 2. The number of carbonyl (C=O) groups is 1. The van der Waals surface area contributed by atoms with Gasteiger partial charge in [-0.2, -0.15) is 5.10 Å². The van der Waals surface area contributed by atoms with Crippen molar-refractivity contribution in [2.45, 2.75) is 0 Å². The molecule has 0 spiro atoms. The van der Waals surface area contributed by atoms with Gasteiger partial charge < -0.3 is 0 Å². The van der Waals surface area contributed by atoms with Crippen molar-refractivity contribution >= 4 is 69.7 Å². The molecule has 1 aliphatic heterocycles. The Balaban J connectivity index is 1.76. The highest BCUT2D eigenvalue weighted by molar-refractivity contribution is 8.18. The lowest BCUT2D eigenvalue weighted by Gasteiger charge is -1.98. The van der Waals surface area contributed by atoms with Gasteiger partial charge in [-0.05, 0) is 35.5 Å². The smallest absolute Gasteiger partial charge is 0.288 e. The van der Waals surface area contributed by atoms with Gasteiger partial charge in [0.1, 0.15) is 10.0 Å². The van der Waals surface area contributed by atoms with E-state index in [-0.39, 0.29) is 31.5 Å². The van der Waals surface area contributed by atoms with Gasteiger partial charge in [0.15, 0.2) is 5.17 Å². The van der Waals surface area contributed by atoms with Gasteiger partial charge in [0, 0.05) is 17.7 Å². The second-order valence-corrected chi connectivity index (χ2v) is 7.50. The SMILES string of the molecule is O=C1N/C(=N\N=C/c2ccc(Cl)c([N+](=O)[O-])c2)S/C1=C/c1ccc(Cl)c([N+](=O)[O-])c1. The Hall–Kier alpha value is -3.28. The van der Waals surface area contributed by atoms with Gasteiger partial charge in [0.05, 0.1) is 21.0 Å². The zero-order valence-corrected chi connectivity index (χ0v) is 16.9. The molecule has 152 valence electrons. The molecule has 1 saturated heterocycles. The lowest BCUT2D eigenvalue weighted by molar-refractivity contribution is -0.384. The van der Waals surface area contributed by atoms with Gasteiger partial charge in [-0.1, -0.05) is 35.3 Å². The molecule has 0 saturated carbocycles. The van der Waals surface area contributed by atoms with Gasteiger partial charge >= 0.3 is 0 Å². The third kappa shape index (κ3) is 5.00. The van der Waals surface area contributed by atoms with Crippen LogP contribution in [-0.4, -0.2) is 27.1 Å². The number of hydrogen-bond acceptors (Lipinski definition) is 8. The van der Waals surface area contributed by atoms with E-state index in [0.717, 1.165) is 11.8 Å². The van der Waals surface area contributed by atoms with E-state index in [2.05, 4.69) is 15.5 Å². The summed E-state index contributed by atoms with van der Waals surface area (Å²) in [6.07, 6.45) is 2.73. The second kappa shape index (κ2) is 9.03. The van der Waals surface area contributed by atoms with Gasteiger partial charge in [0.25, 0.3) is 17.3 Å². The summed E-state index contributed by atoms with van der Waals surface area (Å²) in [5.74, 6) is -0.450. The summed E-state index contributed by atoms with van der Waals surface area (Å²) in [5, 5.41) is 32.2. The number of amides is 1. The van der Waals surface area contributed by atoms with Crippen LogP contribution in [0.5, 0.6) is 0 Å². The van der Waals surface area contributed by atoms with Crippen molar-refractivity contribution < 1.29 is 14.6 Å². The van der Waals surface area contributed by atoms with Crippen molar-refractivity contribution in [3.8, 4) is 0 Å². The first-order chi connectivity index (χ1) is 14.2. The van der Waals surface area contributed by atoms with Crippen molar-refractivity contribution in [1.82, 2.24) is 5.32 Å². The number of nitrogens with one attached hydrogen (secondary N) is 1. The summed E-state index contributed by atoms with van der Waals surface area (Å²) in [6, 6.07) is 8.30.